The predicted octanol–water partition coefficient (Wildman–Crippen LogP) is 3.61. The molecule has 0 aliphatic carbocycles. The minimum absolute atomic E-state index is 0.170. The molecule has 0 saturated carbocycles. The topological polar surface area (TPSA) is 70.6 Å². The lowest BCUT2D eigenvalue weighted by Crippen LogP contribution is -2.54. The summed E-state index contributed by atoms with van der Waals surface area (Å²) in [6, 6.07) is 6.41. The molecule has 11 heteroatoms. The smallest absolute Gasteiger partial charge is 0.223 e. The van der Waals surface area contributed by atoms with Gasteiger partial charge < -0.3 is 9.80 Å². The summed E-state index contributed by atoms with van der Waals surface area (Å²) in [5, 5.41) is 0. The number of piperazine rings is 1. The molecule has 0 bridgehead atoms. The lowest BCUT2D eigenvalue weighted by Gasteiger charge is -2.41. The Labute approximate surface area is 187 Å². The Hall–Kier alpha value is -2.66. The molecule has 1 fully saturated rings. The standard InChI is InChI=1S/C21H20F3N3O3S2/c1-13-11-26(14-9-15(22)20(24)16(23)10-14)6-7-27(13)19(28)5-8-32(29,30)18-4-2-3-17-21(18)31-12-25-17/h2-4,9-10,12-13H,5-8,11H2,1H3/t13-/m0/s1. The molecule has 2 heterocycles. The van der Waals surface area contributed by atoms with Gasteiger partial charge in [0.05, 0.1) is 26.4 Å². The summed E-state index contributed by atoms with van der Waals surface area (Å²) in [7, 11) is -3.68. The molecule has 0 N–H and O–H groups in total. The summed E-state index contributed by atoms with van der Waals surface area (Å²) in [5.41, 5.74) is 2.37. The summed E-state index contributed by atoms with van der Waals surface area (Å²) >= 11 is 1.24. The summed E-state index contributed by atoms with van der Waals surface area (Å²) in [6.45, 7) is 2.59. The van der Waals surface area contributed by atoms with Crippen molar-refractivity contribution in [2.24, 2.45) is 0 Å². The van der Waals surface area contributed by atoms with Crippen LogP contribution in [0.25, 0.3) is 10.2 Å². The van der Waals surface area contributed by atoms with Gasteiger partial charge in [-0.2, -0.15) is 0 Å². The monoisotopic (exact) mass is 483 g/mol. The Balaban J connectivity index is 1.41. The Morgan fingerprint density at radius 3 is 2.59 bits per heavy atom. The first kappa shape index (κ1) is 22.5. The van der Waals surface area contributed by atoms with Crippen LogP contribution in [0.4, 0.5) is 18.9 Å². The van der Waals surface area contributed by atoms with E-state index >= 15 is 0 Å². The number of fused-ring (bicyclic) bond motifs is 1. The minimum atomic E-state index is -3.68. The van der Waals surface area contributed by atoms with Crippen LogP contribution in [0.3, 0.4) is 0 Å². The number of thiazole rings is 1. The van der Waals surface area contributed by atoms with Crippen molar-refractivity contribution >= 4 is 43.0 Å². The highest BCUT2D eigenvalue weighted by Crippen LogP contribution is 2.28. The zero-order valence-electron chi connectivity index (χ0n) is 17.1. The van der Waals surface area contributed by atoms with Crippen molar-refractivity contribution in [3.05, 3.63) is 53.3 Å². The molecule has 1 aliphatic heterocycles. The molecule has 1 aliphatic rings. The van der Waals surface area contributed by atoms with E-state index in [1.807, 2.05) is 0 Å². The van der Waals surface area contributed by atoms with Crippen LogP contribution in [0.2, 0.25) is 0 Å². The van der Waals surface area contributed by atoms with Crippen LogP contribution in [0.15, 0.2) is 40.7 Å². The van der Waals surface area contributed by atoms with Crippen LogP contribution in [0.5, 0.6) is 0 Å². The van der Waals surface area contributed by atoms with Crippen LogP contribution in [0, 0.1) is 17.5 Å². The third kappa shape index (κ3) is 4.31. The van der Waals surface area contributed by atoms with E-state index in [1.165, 1.54) is 17.4 Å². The molecular weight excluding hydrogens is 463 g/mol. The molecule has 170 valence electrons. The fourth-order valence-corrected chi connectivity index (χ4v) is 6.43. The van der Waals surface area contributed by atoms with Crippen molar-refractivity contribution in [2.75, 3.05) is 30.3 Å². The van der Waals surface area contributed by atoms with Gasteiger partial charge in [0.1, 0.15) is 0 Å². The van der Waals surface area contributed by atoms with Crippen molar-refractivity contribution in [2.45, 2.75) is 24.3 Å². The number of benzene rings is 2. The average molecular weight is 484 g/mol. The SMILES string of the molecule is C[C@H]1CN(c2cc(F)c(F)c(F)c2)CCN1C(=O)CCS(=O)(=O)c1cccc2ncsc12. The second kappa shape index (κ2) is 8.70. The second-order valence-corrected chi connectivity index (χ2v) is 10.6. The van der Waals surface area contributed by atoms with E-state index in [9.17, 15) is 26.4 Å². The number of anilines is 1. The molecule has 4 rings (SSSR count). The third-order valence-electron chi connectivity index (χ3n) is 5.52. The third-order valence-corrected chi connectivity index (χ3v) is 8.28. The average Bonchev–Trinajstić information content (AvgIpc) is 3.24. The quantitative estimate of drug-likeness (QED) is 0.519. The lowest BCUT2D eigenvalue weighted by atomic mass is 10.1. The van der Waals surface area contributed by atoms with E-state index in [0.29, 0.717) is 10.2 Å². The number of amides is 1. The van der Waals surface area contributed by atoms with Crippen molar-refractivity contribution in [3.63, 3.8) is 0 Å². The molecule has 1 amide bonds. The summed E-state index contributed by atoms with van der Waals surface area (Å²) < 4.78 is 66.6. The van der Waals surface area contributed by atoms with Crippen LogP contribution < -0.4 is 4.90 Å². The van der Waals surface area contributed by atoms with Crippen molar-refractivity contribution in [1.82, 2.24) is 9.88 Å². The van der Waals surface area contributed by atoms with Crippen molar-refractivity contribution in [3.8, 4) is 0 Å². The number of carbonyl (C=O) groups is 1. The Kier molecular flexibility index (Phi) is 6.13. The van der Waals surface area contributed by atoms with Crippen LogP contribution in [0.1, 0.15) is 13.3 Å². The Bertz CT molecular complexity index is 1260. The molecular formula is C21H20F3N3O3S2. The summed E-state index contributed by atoms with van der Waals surface area (Å²) in [4.78, 5) is 20.3. The molecule has 0 radical (unpaired) electrons. The first-order valence-electron chi connectivity index (χ1n) is 9.91. The minimum Gasteiger partial charge on any atom is -0.368 e. The zero-order chi connectivity index (χ0) is 23.0. The van der Waals surface area contributed by atoms with Gasteiger partial charge in [0, 0.05) is 49.9 Å². The molecule has 1 aromatic heterocycles. The van der Waals surface area contributed by atoms with E-state index in [2.05, 4.69) is 4.98 Å². The van der Waals surface area contributed by atoms with Gasteiger partial charge in [-0.05, 0) is 19.1 Å². The number of hydrogen-bond donors (Lipinski definition) is 0. The maximum atomic E-state index is 13.6. The highest BCUT2D eigenvalue weighted by Gasteiger charge is 2.30. The van der Waals surface area contributed by atoms with Gasteiger partial charge in [0.25, 0.3) is 0 Å². The number of halogens is 3. The molecule has 0 spiro atoms. The van der Waals surface area contributed by atoms with E-state index in [1.54, 1.807) is 34.4 Å². The molecule has 2 aromatic carbocycles. The van der Waals surface area contributed by atoms with Crippen LogP contribution in [-0.4, -0.2) is 55.6 Å². The number of rotatable bonds is 5. The number of sulfone groups is 1. The van der Waals surface area contributed by atoms with Gasteiger partial charge in [-0.25, -0.2) is 26.6 Å². The number of aromatic nitrogens is 1. The predicted molar refractivity (Wildman–Crippen MR) is 116 cm³/mol. The first-order chi connectivity index (χ1) is 15.2. The summed E-state index contributed by atoms with van der Waals surface area (Å²) in [6.07, 6.45) is -0.179. The number of carbonyl (C=O) groups excluding carboxylic acids is 1. The fraction of sp³-hybridized carbons (Fsp3) is 0.333. The fourth-order valence-electron chi connectivity index (χ4n) is 3.87. The molecule has 32 heavy (non-hydrogen) atoms. The van der Waals surface area contributed by atoms with E-state index in [-0.39, 0.29) is 54.3 Å². The van der Waals surface area contributed by atoms with Gasteiger partial charge >= 0.3 is 0 Å². The molecule has 1 saturated heterocycles. The molecule has 0 unspecified atom stereocenters. The van der Waals surface area contributed by atoms with E-state index in [4.69, 9.17) is 0 Å². The molecule has 6 nitrogen and oxygen atoms in total. The van der Waals surface area contributed by atoms with Gasteiger partial charge in [0.2, 0.25) is 5.91 Å². The first-order valence-corrected chi connectivity index (χ1v) is 12.4. The van der Waals surface area contributed by atoms with E-state index in [0.717, 1.165) is 12.1 Å². The van der Waals surface area contributed by atoms with Crippen molar-refractivity contribution in [1.29, 1.82) is 0 Å². The Morgan fingerprint density at radius 2 is 1.91 bits per heavy atom. The summed E-state index contributed by atoms with van der Waals surface area (Å²) in [5.74, 6) is -4.70. The normalized spacial score (nSPS) is 17.2. The number of nitrogens with zero attached hydrogens (tertiary/aromatic N) is 3. The Morgan fingerprint density at radius 1 is 1.19 bits per heavy atom. The largest absolute Gasteiger partial charge is 0.368 e. The van der Waals surface area contributed by atoms with Crippen molar-refractivity contribution < 1.29 is 26.4 Å². The van der Waals surface area contributed by atoms with E-state index < -0.39 is 27.3 Å². The molecule has 3 aromatic rings. The highest BCUT2D eigenvalue weighted by atomic mass is 32.2. The maximum absolute atomic E-state index is 13.6. The van der Waals surface area contributed by atoms with Gasteiger partial charge in [-0.3, -0.25) is 4.79 Å². The lowest BCUT2D eigenvalue weighted by molar-refractivity contribution is -0.133. The second-order valence-electron chi connectivity index (χ2n) is 7.63. The van der Waals surface area contributed by atoms with Gasteiger partial charge in [-0.1, -0.05) is 6.07 Å². The van der Waals surface area contributed by atoms with Crippen LogP contribution >= 0.6 is 11.3 Å². The zero-order valence-corrected chi connectivity index (χ0v) is 18.7. The van der Waals surface area contributed by atoms with Crippen LogP contribution in [-0.2, 0) is 14.6 Å². The van der Waals surface area contributed by atoms with Gasteiger partial charge in [-0.15, -0.1) is 11.3 Å². The highest BCUT2D eigenvalue weighted by molar-refractivity contribution is 7.91. The molecule has 1 atom stereocenters. The number of hydrogen-bond acceptors (Lipinski definition) is 6. The van der Waals surface area contributed by atoms with Gasteiger partial charge in [0.15, 0.2) is 27.3 Å². The maximum Gasteiger partial charge on any atom is 0.223 e.